The Morgan fingerprint density at radius 3 is 1.56 bits per heavy atom. The lowest BCUT2D eigenvalue weighted by Crippen LogP contribution is -2.11. The number of hydrogen-bond donors (Lipinski definition) is 0. The summed E-state index contributed by atoms with van der Waals surface area (Å²) in [6.45, 7) is 1.80. The van der Waals surface area contributed by atoms with Crippen molar-refractivity contribution in [1.29, 1.82) is 0 Å². The SMILES string of the molecule is CC1CC1c1cc(C(F)(F)F)cc(C(F)(F)F)c1. The topological polar surface area (TPSA) is 0 Å². The highest BCUT2D eigenvalue weighted by Crippen LogP contribution is 2.49. The summed E-state index contributed by atoms with van der Waals surface area (Å²) in [6, 6.07) is 1.81. The van der Waals surface area contributed by atoms with Crippen molar-refractivity contribution in [3.05, 3.63) is 34.9 Å². The van der Waals surface area contributed by atoms with Crippen molar-refractivity contribution >= 4 is 0 Å². The van der Waals surface area contributed by atoms with Gasteiger partial charge in [-0.15, -0.1) is 0 Å². The molecule has 100 valence electrons. The zero-order chi connectivity index (χ0) is 13.7. The van der Waals surface area contributed by atoms with E-state index in [0.29, 0.717) is 6.42 Å². The van der Waals surface area contributed by atoms with Crippen molar-refractivity contribution in [2.75, 3.05) is 0 Å². The Bertz CT molecular complexity index is 424. The van der Waals surface area contributed by atoms with Crippen LogP contribution in [-0.2, 0) is 12.4 Å². The van der Waals surface area contributed by atoms with Crippen LogP contribution >= 0.6 is 0 Å². The normalized spacial score (nSPS) is 24.2. The number of halogens is 6. The minimum atomic E-state index is -4.76. The summed E-state index contributed by atoms with van der Waals surface area (Å²) < 4.78 is 75.3. The first-order chi connectivity index (χ1) is 8.09. The van der Waals surface area contributed by atoms with Crippen molar-refractivity contribution in [3.8, 4) is 0 Å². The van der Waals surface area contributed by atoms with Crippen LogP contribution in [0.1, 0.15) is 36.0 Å². The van der Waals surface area contributed by atoms with Crippen LogP contribution in [0.15, 0.2) is 18.2 Å². The molecular formula is C12H10F6. The van der Waals surface area contributed by atoms with Gasteiger partial charge in [-0.3, -0.25) is 0 Å². The third kappa shape index (κ3) is 2.62. The molecule has 0 bridgehead atoms. The van der Waals surface area contributed by atoms with Gasteiger partial charge in [0, 0.05) is 0 Å². The molecule has 0 radical (unpaired) electrons. The lowest BCUT2D eigenvalue weighted by Gasteiger charge is -2.14. The van der Waals surface area contributed by atoms with Gasteiger partial charge >= 0.3 is 12.4 Å². The first-order valence-electron chi connectivity index (χ1n) is 5.38. The summed E-state index contributed by atoms with van der Waals surface area (Å²) in [5.74, 6) is -0.0389. The molecule has 1 aromatic rings. The second-order valence-corrected chi connectivity index (χ2v) is 4.66. The number of hydrogen-bond acceptors (Lipinski definition) is 0. The largest absolute Gasteiger partial charge is 0.416 e. The highest BCUT2D eigenvalue weighted by molar-refractivity contribution is 5.37. The molecule has 18 heavy (non-hydrogen) atoms. The van der Waals surface area contributed by atoms with E-state index >= 15 is 0 Å². The fourth-order valence-corrected chi connectivity index (χ4v) is 1.98. The Kier molecular flexibility index (Phi) is 2.87. The molecule has 0 amide bonds. The smallest absolute Gasteiger partial charge is 0.166 e. The van der Waals surface area contributed by atoms with Crippen molar-refractivity contribution in [3.63, 3.8) is 0 Å². The Labute approximate surface area is 99.6 Å². The van der Waals surface area contributed by atoms with E-state index < -0.39 is 23.5 Å². The van der Waals surface area contributed by atoms with E-state index in [2.05, 4.69) is 0 Å². The third-order valence-corrected chi connectivity index (χ3v) is 3.15. The Balaban J connectivity index is 2.49. The molecule has 0 aliphatic heterocycles. The maximum Gasteiger partial charge on any atom is 0.416 e. The maximum atomic E-state index is 12.5. The molecule has 0 saturated heterocycles. The van der Waals surface area contributed by atoms with Gasteiger partial charge in [-0.1, -0.05) is 6.92 Å². The molecular weight excluding hydrogens is 258 g/mol. The van der Waals surface area contributed by atoms with E-state index in [9.17, 15) is 26.3 Å². The molecule has 0 aromatic heterocycles. The zero-order valence-corrected chi connectivity index (χ0v) is 9.36. The van der Waals surface area contributed by atoms with E-state index in [1.807, 2.05) is 0 Å². The first kappa shape index (κ1) is 13.2. The van der Waals surface area contributed by atoms with Crippen LogP contribution < -0.4 is 0 Å². The fourth-order valence-electron chi connectivity index (χ4n) is 1.98. The number of benzene rings is 1. The predicted octanol–water partition coefficient (Wildman–Crippen LogP) is 4.85. The molecule has 2 atom stereocenters. The second kappa shape index (κ2) is 3.90. The summed E-state index contributed by atoms with van der Waals surface area (Å²) >= 11 is 0. The molecule has 1 aliphatic carbocycles. The van der Waals surface area contributed by atoms with Crippen LogP contribution in [0.5, 0.6) is 0 Å². The van der Waals surface area contributed by atoms with Crippen LogP contribution in [0, 0.1) is 5.92 Å². The molecule has 0 nitrogen and oxygen atoms in total. The van der Waals surface area contributed by atoms with E-state index in [0.717, 1.165) is 12.1 Å². The molecule has 2 rings (SSSR count). The summed E-state index contributed by atoms with van der Waals surface area (Å²) in [6.07, 6.45) is -8.87. The van der Waals surface area contributed by atoms with Crippen LogP contribution in [0.2, 0.25) is 0 Å². The van der Waals surface area contributed by atoms with Gasteiger partial charge in [-0.25, -0.2) is 0 Å². The fraction of sp³-hybridized carbons (Fsp3) is 0.500. The second-order valence-electron chi connectivity index (χ2n) is 4.66. The average Bonchev–Trinajstić information content (AvgIpc) is 2.92. The third-order valence-electron chi connectivity index (χ3n) is 3.15. The van der Waals surface area contributed by atoms with Gasteiger partial charge in [0.25, 0.3) is 0 Å². The van der Waals surface area contributed by atoms with E-state index in [1.54, 1.807) is 6.92 Å². The standard InChI is InChI=1S/C12H10F6/c1-6-2-10(6)7-3-8(11(13,14)15)5-9(4-7)12(16,17)18/h3-6,10H,2H2,1H3. The minimum absolute atomic E-state index is 0.129. The Morgan fingerprint density at radius 2 is 1.28 bits per heavy atom. The van der Waals surface area contributed by atoms with Crippen LogP contribution in [0.25, 0.3) is 0 Å². The Morgan fingerprint density at radius 1 is 0.889 bits per heavy atom. The van der Waals surface area contributed by atoms with E-state index in [-0.39, 0.29) is 23.5 Å². The lowest BCUT2D eigenvalue weighted by atomic mass is 10.0. The molecule has 0 N–H and O–H groups in total. The summed E-state index contributed by atoms with van der Waals surface area (Å²) in [5.41, 5.74) is -2.33. The van der Waals surface area contributed by atoms with Crippen LogP contribution in [0.3, 0.4) is 0 Å². The molecule has 2 unspecified atom stereocenters. The molecule has 1 saturated carbocycles. The van der Waals surface area contributed by atoms with Gasteiger partial charge in [0.2, 0.25) is 0 Å². The summed E-state index contributed by atoms with van der Waals surface area (Å²) in [5, 5.41) is 0. The highest BCUT2D eigenvalue weighted by Gasteiger charge is 2.40. The summed E-state index contributed by atoms with van der Waals surface area (Å²) in [4.78, 5) is 0. The molecule has 0 spiro atoms. The predicted molar refractivity (Wildman–Crippen MR) is 53.0 cm³/mol. The van der Waals surface area contributed by atoms with Crippen molar-refractivity contribution in [2.24, 2.45) is 5.92 Å². The van der Waals surface area contributed by atoms with E-state index in [1.165, 1.54) is 0 Å². The maximum absolute atomic E-state index is 12.5. The number of rotatable bonds is 1. The monoisotopic (exact) mass is 268 g/mol. The minimum Gasteiger partial charge on any atom is -0.166 e. The van der Waals surface area contributed by atoms with Crippen LogP contribution in [0.4, 0.5) is 26.3 Å². The van der Waals surface area contributed by atoms with Gasteiger partial charge in [0.1, 0.15) is 0 Å². The molecule has 1 fully saturated rings. The Hall–Kier alpha value is -1.20. The van der Waals surface area contributed by atoms with Gasteiger partial charge < -0.3 is 0 Å². The summed E-state index contributed by atoms with van der Waals surface area (Å²) in [7, 11) is 0. The highest BCUT2D eigenvalue weighted by atomic mass is 19.4. The average molecular weight is 268 g/mol. The van der Waals surface area contributed by atoms with Gasteiger partial charge in [0.05, 0.1) is 11.1 Å². The lowest BCUT2D eigenvalue weighted by molar-refractivity contribution is -0.143. The van der Waals surface area contributed by atoms with Gasteiger partial charge in [-0.05, 0) is 42.0 Å². The molecule has 6 heteroatoms. The van der Waals surface area contributed by atoms with Crippen molar-refractivity contribution in [1.82, 2.24) is 0 Å². The molecule has 0 heterocycles. The van der Waals surface area contributed by atoms with Crippen molar-refractivity contribution < 1.29 is 26.3 Å². The first-order valence-corrected chi connectivity index (χ1v) is 5.38. The quantitative estimate of drug-likeness (QED) is 0.639. The van der Waals surface area contributed by atoms with Gasteiger partial charge in [0.15, 0.2) is 0 Å². The van der Waals surface area contributed by atoms with Crippen molar-refractivity contribution in [2.45, 2.75) is 31.6 Å². The van der Waals surface area contributed by atoms with Gasteiger partial charge in [-0.2, -0.15) is 26.3 Å². The molecule has 1 aromatic carbocycles. The zero-order valence-electron chi connectivity index (χ0n) is 9.36. The number of alkyl halides is 6. The van der Waals surface area contributed by atoms with Crippen LogP contribution in [-0.4, -0.2) is 0 Å². The van der Waals surface area contributed by atoms with E-state index in [4.69, 9.17) is 0 Å². The molecule has 1 aliphatic rings.